The fourth-order valence-electron chi connectivity index (χ4n) is 3.79. The molecule has 2 fully saturated rings. The number of carbonyl (C=O) groups is 1. The predicted octanol–water partition coefficient (Wildman–Crippen LogP) is 2.85. The van der Waals surface area contributed by atoms with Crippen LogP contribution in [0, 0.1) is 0 Å². The van der Waals surface area contributed by atoms with Gasteiger partial charge in [-0.2, -0.15) is 11.8 Å². The average Bonchev–Trinajstić information content (AvgIpc) is 2.89. The first-order chi connectivity index (χ1) is 12.3. The summed E-state index contributed by atoms with van der Waals surface area (Å²) in [5.74, 6) is 2.51. The van der Waals surface area contributed by atoms with Crippen molar-refractivity contribution in [2.24, 2.45) is 0 Å². The Bertz CT molecular complexity index is 534. The Labute approximate surface area is 155 Å². The number of thioether (sulfide) groups is 1. The SMILES string of the molecule is CC[C@H](C(=O)N1CCCSC[C@H]1CN1CCOCC1)c1ccccc1. The second-order valence-electron chi connectivity index (χ2n) is 6.90. The van der Waals surface area contributed by atoms with Crippen LogP contribution >= 0.6 is 11.8 Å². The Morgan fingerprint density at radius 3 is 2.72 bits per heavy atom. The van der Waals surface area contributed by atoms with E-state index in [1.54, 1.807) is 0 Å². The lowest BCUT2D eigenvalue weighted by molar-refractivity contribution is -0.135. The molecule has 2 heterocycles. The van der Waals surface area contributed by atoms with E-state index in [1.807, 2.05) is 30.0 Å². The zero-order valence-electron chi connectivity index (χ0n) is 15.2. The van der Waals surface area contributed by atoms with Gasteiger partial charge < -0.3 is 9.64 Å². The molecule has 138 valence electrons. The van der Waals surface area contributed by atoms with Gasteiger partial charge in [-0.05, 0) is 24.2 Å². The fraction of sp³-hybridized carbons (Fsp3) is 0.650. The standard InChI is InChI=1S/C20H30N2O2S/c1-2-19(17-7-4-3-5-8-17)20(23)22-9-6-14-25-16-18(22)15-21-10-12-24-13-11-21/h3-5,7-8,18-19H,2,6,9-16H2,1H3/t18-,19+/m1/s1. The predicted molar refractivity (Wildman–Crippen MR) is 104 cm³/mol. The topological polar surface area (TPSA) is 32.8 Å². The first-order valence-electron chi connectivity index (χ1n) is 9.53. The first kappa shape index (κ1) is 18.7. The second-order valence-corrected chi connectivity index (χ2v) is 8.05. The van der Waals surface area contributed by atoms with E-state index in [-0.39, 0.29) is 5.92 Å². The van der Waals surface area contributed by atoms with Crippen molar-refractivity contribution in [2.75, 3.05) is 50.9 Å². The van der Waals surface area contributed by atoms with Crippen molar-refractivity contribution in [1.29, 1.82) is 0 Å². The van der Waals surface area contributed by atoms with Gasteiger partial charge in [0.25, 0.3) is 0 Å². The summed E-state index contributed by atoms with van der Waals surface area (Å²) in [7, 11) is 0. The minimum absolute atomic E-state index is 0.0171. The molecule has 0 bridgehead atoms. The number of hydrogen-bond donors (Lipinski definition) is 0. The van der Waals surface area contributed by atoms with E-state index in [0.29, 0.717) is 11.9 Å². The van der Waals surface area contributed by atoms with E-state index in [9.17, 15) is 4.79 Å². The highest BCUT2D eigenvalue weighted by atomic mass is 32.2. The molecule has 2 aliphatic rings. The molecule has 1 aromatic rings. The van der Waals surface area contributed by atoms with Crippen LogP contribution in [0.2, 0.25) is 0 Å². The maximum absolute atomic E-state index is 13.4. The summed E-state index contributed by atoms with van der Waals surface area (Å²) in [6, 6.07) is 10.6. The molecule has 3 rings (SSSR count). The van der Waals surface area contributed by atoms with Gasteiger partial charge in [-0.3, -0.25) is 9.69 Å². The molecule has 0 N–H and O–H groups in total. The molecule has 1 aromatic carbocycles. The number of nitrogens with zero attached hydrogens (tertiary/aromatic N) is 2. The van der Waals surface area contributed by atoms with Gasteiger partial charge in [0.05, 0.1) is 25.2 Å². The lowest BCUT2D eigenvalue weighted by atomic mass is 9.94. The Morgan fingerprint density at radius 1 is 1.24 bits per heavy atom. The molecule has 1 amide bonds. The average molecular weight is 363 g/mol. The summed E-state index contributed by atoms with van der Waals surface area (Å²) in [6.45, 7) is 7.60. The van der Waals surface area contributed by atoms with Crippen molar-refractivity contribution < 1.29 is 9.53 Å². The lowest BCUT2D eigenvalue weighted by Gasteiger charge is -2.37. The van der Waals surface area contributed by atoms with Crippen LogP contribution in [0.25, 0.3) is 0 Å². The highest BCUT2D eigenvalue weighted by Crippen LogP contribution is 2.26. The van der Waals surface area contributed by atoms with Gasteiger partial charge in [0.1, 0.15) is 0 Å². The third kappa shape index (κ3) is 4.99. The quantitative estimate of drug-likeness (QED) is 0.806. The largest absolute Gasteiger partial charge is 0.379 e. The molecule has 25 heavy (non-hydrogen) atoms. The number of rotatable bonds is 5. The highest BCUT2D eigenvalue weighted by molar-refractivity contribution is 7.99. The first-order valence-corrected chi connectivity index (χ1v) is 10.7. The fourth-order valence-corrected chi connectivity index (χ4v) is 4.85. The lowest BCUT2D eigenvalue weighted by Crippen LogP contribution is -2.51. The van der Waals surface area contributed by atoms with Crippen LogP contribution in [-0.2, 0) is 9.53 Å². The van der Waals surface area contributed by atoms with Crippen molar-refractivity contribution in [1.82, 2.24) is 9.80 Å². The summed E-state index contributed by atoms with van der Waals surface area (Å²) < 4.78 is 5.47. The summed E-state index contributed by atoms with van der Waals surface area (Å²) >= 11 is 2.00. The van der Waals surface area contributed by atoms with Gasteiger partial charge in [0.15, 0.2) is 0 Å². The molecule has 0 aliphatic carbocycles. The number of amides is 1. The van der Waals surface area contributed by atoms with Crippen molar-refractivity contribution in [3.63, 3.8) is 0 Å². The normalized spacial score (nSPS) is 23.9. The number of hydrogen-bond acceptors (Lipinski definition) is 4. The molecule has 0 aromatic heterocycles. The Hall–Kier alpha value is -1.04. The van der Waals surface area contributed by atoms with Crippen LogP contribution in [0.3, 0.4) is 0 Å². The second kappa shape index (κ2) is 9.60. The molecule has 2 aliphatic heterocycles. The maximum Gasteiger partial charge on any atom is 0.230 e. The van der Waals surface area contributed by atoms with Crippen molar-refractivity contribution >= 4 is 17.7 Å². The van der Waals surface area contributed by atoms with Crippen LogP contribution in [0.5, 0.6) is 0 Å². The smallest absolute Gasteiger partial charge is 0.230 e. The number of morpholine rings is 1. The minimum atomic E-state index is -0.0171. The molecule has 2 saturated heterocycles. The molecule has 2 atom stereocenters. The summed E-state index contributed by atoms with van der Waals surface area (Å²) in [6.07, 6.45) is 1.96. The Balaban J connectivity index is 1.73. The van der Waals surface area contributed by atoms with E-state index in [0.717, 1.165) is 69.3 Å². The van der Waals surface area contributed by atoms with Crippen molar-refractivity contribution in [3.8, 4) is 0 Å². The highest BCUT2D eigenvalue weighted by Gasteiger charge is 2.32. The number of benzene rings is 1. The minimum Gasteiger partial charge on any atom is -0.379 e. The van der Waals surface area contributed by atoms with Crippen molar-refractivity contribution in [2.45, 2.75) is 31.7 Å². The van der Waals surface area contributed by atoms with Gasteiger partial charge in [0.2, 0.25) is 5.91 Å². The zero-order chi connectivity index (χ0) is 17.5. The Morgan fingerprint density at radius 2 is 2.00 bits per heavy atom. The molecular weight excluding hydrogens is 332 g/mol. The van der Waals surface area contributed by atoms with Crippen LogP contribution < -0.4 is 0 Å². The molecule has 0 saturated carbocycles. The van der Waals surface area contributed by atoms with Crippen molar-refractivity contribution in [3.05, 3.63) is 35.9 Å². The molecule has 0 radical (unpaired) electrons. The summed E-state index contributed by atoms with van der Waals surface area (Å²) in [5.41, 5.74) is 1.15. The van der Waals surface area contributed by atoms with Crippen LogP contribution in [-0.4, -0.2) is 72.6 Å². The zero-order valence-corrected chi connectivity index (χ0v) is 16.0. The summed E-state index contributed by atoms with van der Waals surface area (Å²) in [4.78, 5) is 18.1. The van der Waals surface area contributed by atoms with Crippen LogP contribution in [0.1, 0.15) is 31.2 Å². The monoisotopic (exact) mass is 362 g/mol. The third-order valence-electron chi connectivity index (χ3n) is 5.20. The van der Waals surface area contributed by atoms with E-state index in [1.165, 1.54) is 0 Å². The van der Waals surface area contributed by atoms with Gasteiger partial charge in [0, 0.05) is 31.9 Å². The van der Waals surface area contributed by atoms with E-state index in [2.05, 4.69) is 28.9 Å². The van der Waals surface area contributed by atoms with Gasteiger partial charge >= 0.3 is 0 Å². The van der Waals surface area contributed by atoms with E-state index < -0.39 is 0 Å². The molecular formula is C20H30N2O2S. The Kier molecular flexibility index (Phi) is 7.20. The molecule has 4 nitrogen and oxygen atoms in total. The molecule has 0 spiro atoms. The van der Waals surface area contributed by atoms with E-state index >= 15 is 0 Å². The number of ether oxygens (including phenoxy) is 1. The molecule has 0 unspecified atom stereocenters. The van der Waals surface area contributed by atoms with Gasteiger partial charge in [-0.25, -0.2) is 0 Å². The molecule has 5 heteroatoms. The van der Waals surface area contributed by atoms with Crippen LogP contribution in [0.4, 0.5) is 0 Å². The van der Waals surface area contributed by atoms with Gasteiger partial charge in [-0.1, -0.05) is 37.3 Å². The third-order valence-corrected chi connectivity index (χ3v) is 6.40. The summed E-state index contributed by atoms with van der Waals surface area (Å²) in [5, 5.41) is 0. The van der Waals surface area contributed by atoms with E-state index in [4.69, 9.17) is 4.74 Å². The maximum atomic E-state index is 13.4. The van der Waals surface area contributed by atoms with Crippen LogP contribution in [0.15, 0.2) is 30.3 Å². The van der Waals surface area contributed by atoms with Gasteiger partial charge in [-0.15, -0.1) is 0 Å². The number of carbonyl (C=O) groups excluding carboxylic acids is 1.